The summed E-state index contributed by atoms with van der Waals surface area (Å²) in [6, 6.07) is 16.2. The van der Waals surface area contributed by atoms with Gasteiger partial charge in [0.2, 0.25) is 5.91 Å². The minimum atomic E-state index is -1.12. The summed E-state index contributed by atoms with van der Waals surface area (Å²) in [6.45, 7) is 6.27. The quantitative estimate of drug-likeness (QED) is 0.228. The monoisotopic (exact) mass is 504 g/mol. The molecule has 4 aromatic rings. The van der Waals surface area contributed by atoms with E-state index in [1.54, 1.807) is 19.1 Å². The van der Waals surface area contributed by atoms with Crippen LogP contribution in [0.25, 0.3) is 10.9 Å². The largest absolute Gasteiger partial charge is 0.508 e. The molecule has 7 nitrogen and oxygen atoms in total. The summed E-state index contributed by atoms with van der Waals surface area (Å²) in [4.78, 5) is 24.1. The number of phenols is 1. The van der Waals surface area contributed by atoms with Gasteiger partial charge in [-0.2, -0.15) is 0 Å². The van der Waals surface area contributed by atoms with Crippen LogP contribution in [0.1, 0.15) is 47.4 Å². The zero-order valence-corrected chi connectivity index (χ0v) is 20.9. The third-order valence-corrected chi connectivity index (χ3v) is 6.26. The third kappa shape index (κ3) is 5.65. The van der Waals surface area contributed by atoms with Crippen molar-refractivity contribution < 1.29 is 28.9 Å². The molecule has 3 aromatic carbocycles. The molecule has 4 rings (SSSR count). The van der Waals surface area contributed by atoms with Gasteiger partial charge in [-0.1, -0.05) is 24.3 Å². The molecule has 192 valence electrons. The van der Waals surface area contributed by atoms with Gasteiger partial charge >= 0.3 is 5.97 Å². The highest BCUT2D eigenvalue weighted by Crippen LogP contribution is 2.33. The summed E-state index contributed by atoms with van der Waals surface area (Å²) in [5.41, 5.74) is 5.08. The Kier molecular flexibility index (Phi) is 7.59. The molecule has 0 saturated heterocycles. The van der Waals surface area contributed by atoms with Crippen LogP contribution in [0.4, 0.5) is 10.1 Å². The number of aromatic nitrogens is 1. The molecular formula is C29H29FN2O5. The number of nitrogens with one attached hydrogen (secondary N) is 1. The minimum absolute atomic E-state index is 0.0579. The number of anilines is 1. The van der Waals surface area contributed by atoms with Crippen LogP contribution >= 0.6 is 0 Å². The number of aliphatic hydroxyl groups excluding tert-OH is 1. The third-order valence-electron chi connectivity index (χ3n) is 6.26. The summed E-state index contributed by atoms with van der Waals surface area (Å²) >= 11 is 0. The maximum atomic E-state index is 13.3. The van der Waals surface area contributed by atoms with Gasteiger partial charge in [-0.25, -0.2) is 4.39 Å². The van der Waals surface area contributed by atoms with E-state index in [2.05, 4.69) is 9.88 Å². The van der Waals surface area contributed by atoms with Crippen LogP contribution in [-0.4, -0.2) is 33.3 Å². The predicted molar refractivity (Wildman–Crippen MR) is 139 cm³/mol. The van der Waals surface area contributed by atoms with Crippen molar-refractivity contribution in [1.29, 1.82) is 0 Å². The fourth-order valence-corrected chi connectivity index (χ4v) is 4.46. The van der Waals surface area contributed by atoms with Gasteiger partial charge in [0.1, 0.15) is 24.1 Å². The molecule has 0 fully saturated rings. The molecule has 1 atom stereocenters. The standard InChI is InChI=1S/C29H29FN2O5/c1-4-37-27(35)15-26(34)31-24-11-5-17(2)28-22(24)13-18(3)32(28)16-19-6-12-25(33)23(14-19)29(36)20-7-9-21(30)10-8-20/h5-14,29,33,36H,4,15-16H2,1-3H3,(H,31,34). The van der Waals surface area contributed by atoms with E-state index in [9.17, 15) is 24.2 Å². The molecule has 0 radical (unpaired) electrons. The first-order valence-corrected chi connectivity index (χ1v) is 12.0. The molecule has 0 aliphatic rings. The second-order valence-corrected chi connectivity index (χ2v) is 8.94. The number of carbonyl (C=O) groups excluding carboxylic acids is 2. The van der Waals surface area contributed by atoms with Crippen molar-refractivity contribution in [2.45, 2.75) is 39.8 Å². The van der Waals surface area contributed by atoms with Crippen LogP contribution in [0.5, 0.6) is 5.75 Å². The lowest BCUT2D eigenvalue weighted by atomic mass is 9.98. The topological polar surface area (TPSA) is 101 Å². The maximum Gasteiger partial charge on any atom is 0.315 e. The number of aromatic hydroxyl groups is 1. The van der Waals surface area contributed by atoms with E-state index in [1.807, 2.05) is 32.0 Å². The van der Waals surface area contributed by atoms with Crippen LogP contribution in [-0.2, 0) is 20.9 Å². The van der Waals surface area contributed by atoms with Crippen molar-refractivity contribution in [3.8, 4) is 5.75 Å². The SMILES string of the molecule is CCOC(=O)CC(=O)Nc1ccc(C)c2c1cc(C)n2Cc1ccc(O)c(C(O)c2ccc(F)cc2)c1. The molecule has 3 N–H and O–H groups in total. The highest BCUT2D eigenvalue weighted by molar-refractivity contribution is 6.07. The zero-order chi connectivity index (χ0) is 26.7. The second-order valence-electron chi connectivity index (χ2n) is 8.94. The molecule has 1 heterocycles. The van der Waals surface area contributed by atoms with E-state index in [0.717, 1.165) is 27.7 Å². The van der Waals surface area contributed by atoms with Crippen molar-refractivity contribution in [2.24, 2.45) is 0 Å². The normalized spacial score (nSPS) is 11.9. The average molecular weight is 505 g/mol. The number of hydrogen-bond acceptors (Lipinski definition) is 5. The van der Waals surface area contributed by atoms with Crippen LogP contribution in [0.2, 0.25) is 0 Å². The Morgan fingerprint density at radius 1 is 1.05 bits per heavy atom. The molecule has 0 spiro atoms. The first kappa shape index (κ1) is 25.9. The van der Waals surface area contributed by atoms with Gasteiger partial charge in [-0.15, -0.1) is 0 Å². The number of carbonyl (C=O) groups is 2. The molecule has 1 unspecified atom stereocenters. The summed E-state index contributed by atoms with van der Waals surface area (Å²) in [5.74, 6) is -1.50. The van der Waals surface area contributed by atoms with Gasteiger partial charge in [-0.3, -0.25) is 9.59 Å². The van der Waals surface area contributed by atoms with E-state index in [4.69, 9.17) is 4.74 Å². The van der Waals surface area contributed by atoms with Crippen LogP contribution in [0.3, 0.4) is 0 Å². The van der Waals surface area contributed by atoms with E-state index in [-0.39, 0.29) is 18.8 Å². The van der Waals surface area contributed by atoms with Crippen LogP contribution in [0.15, 0.2) is 60.7 Å². The van der Waals surface area contributed by atoms with Crippen molar-refractivity contribution >= 4 is 28.5 Å². The molecule has 0 saturated carbocycles. The number of aliphatic hydroxyl groups is 1. The number of fused-ring (bicyclic) bond motifs is 1. The molecule has 0 bridgehead atoms. The molecule has 8 heteroatoms. The Morgan fingerprint density at radius 3 is 2.49 bits per heavy atom. The molecular weight excluding hydrogens is 475 g/mol. The molecule has 0 aliphatic heterocycles. The minimum Gasteiger partial charge on any atom is -0.508 e. The van der Waals surface area contributed by atoms with E-state index in [0.29, 0.717) is 23.4 Å². The van der Waals surface area contributed by atoms with Gasteiger partial charge in [-0.05, 0) is 73.9 Å². The van der Waals surface area contributed by atoms with Crippen molar-refractivity contribution in [1.82, 2.24) is 4.57 Å². The predicted octanol–water partition coefficient (Wildman–Crippen LogP) is 5.12. The number of hydrogen-bond donors (Lipinski definition) is 3. The first-order valence-electron chi connectivity index (χ1n) is 12.0. The summed E-state index contributed by atoms with van der Waals surface area (Å²) in [6.07, 6.45) is -1.48. The molecule has 37 heavy (non-hydrogen) atoms. The van der Waals surface area contributed by atoms with E-state index in [1.165, 1.54) is 30.3 Å². The van der Waals surface area contributed by atoms with Crippen LogP contribution in [0, 0.1) is 19.7 Å². The second kappa shape index (κ2) is 10.8. The number of nitrogens with zero attached hydrogens (tertiary/aromatic N) is 1. The van der Waals surface area contributed by atoms with Crippen molar-refractivity contribution in [3.63, 3.8) is 0 Å². The number of aryl methyl sites for hydroxylation is 2. The summed E-state index contributed by atoms with van der Waals surface area (Å²) in [7, 11) is 0. The molecule has 0 aliphatic carbocycles. The molecule has 1 amide bonds. The van der Waals surface area contributed by atoms with Crippen LogP contribution < -0.4 is 5.32 Å². The summed E-state index contributed by atoms with van der Waals surface area (Å²) in [5, 5.41) is 24.9. The van der Waals surface area contributed by atoms with Gasteiger partial charge in [0.15, 0.2) is 0 Å². The fourth-order valence-electron chi connectivity index (χ4n) is 4.46. The van der Waals surface area contributed by atoms with Gasteiger partial charge < -0.3 is 24.8 Å². The highest BCUT2D eigenvalue weighted by Gasteiger charge is 2.18. The van der Waals surface area contributed by atoms with E-state index < -0.39 is 23.8 Å². The molecule has 1 aromatic heterocycles. The Bertz CT molecular complexity index is 1460. The smallest absolute Gasteiger partial charge is 0.315 e. The summed E-state index contributed by atoms with van der Waals surface area (Å²) < 4.78 is 20.3. The lowest BCUT2D eigenvalue weighted by Crippen LogP contribution is -2.18. The number of benzene rings is 3. The Hall–Kier alpha value is -4.17. The lowest BCUT2D eigenvalue weighted by Gasteiger charge is -2.16. The van der Waals surface area contributed by atoms with Gasteiger partial charge in [0.05, 0.1) is 17.8 Å². The maximum absolute atomic E-state index is 13.3. The van der Waals surface area contributed by atoms with Crippen molar-refractivity contribution in [3.05, 3.63) is 94.4 Å². The van der Waals surface area contributed by atoms with Gasteiger partial charge in [0.25, 0.3) is 0 Å². The number of halogens is 1. The Labute approximate surface area is 214 Å². The Morgan fingerprint density at radius 2 is 1.78 bits per heavy atom. The number of amides is 1. The number of ether oxygens (including phenoxy) is 1. The number of rotatable bonds is 8. The first-order chi connectivity index (χ1) is 17.7. The van der Waals surface area contributed by atoms with Crippen molar-refractivity contribution in [2.75, 3.05) is 11.9 Å². The Balaban J connectivity index is 1.65. The number of esters is 1. The van der Waals surface area contributed by atoms with Gasteiger partial charge in [0, 0.05) is 23.2 Å². The fraction of sp³-hybridized carbons (Fsp3) is 0.241. The van der Waals surface area contributed by atoms with E-state index >= 15 is 0 Å². The number of phenolic OH excluding ortho intramolecular Hbond substituents is 1. The highest BCUT2D eigenvalue weighted by atomic mass is 19.1. The lowest BCUT2D eigenvalue weighted by molar-refractivity contribution is -0.145. The zero-order valence-electron chi connectivity index (χ0n) is 20.9. The average Bonchev–Trinajstić information content (AvgIpc) is 3.19.